The summed E-state index contributed by atoms with van der Waals surface area (Å²) in [6, 6.07) is 4.72. The van der Waals surface area contributed by atoms with Crippen molar-refractivity contribution in [3.63, 3.8) is 0 Å². The van der Waals surface area contributed by atoms with E-state index in [1.54, 1.807) is 11.3 Å². The normalized spacial score (nSPS) is 19.6. The summed E-state index contributed by atoms with van der Waals surface area (Å²) in [6.45, 7) is 3.87. The fraction of sp³-hybridized carbons (Fsp3) is 0.588. The predicted octanol–water partition coefficient (Wildman–Crippen LogP) is 2.76. The highest BCUT2D eigenvalue weighted by Gasteiger charge is 2.28. The third-order valence-corrected chi connectivity index (χ3v) is 6.48. The fourth-order valence-electron chi connectivity index (χ4n) is 3.90. The molecule has 2 fully saturated rings. The molecule has 0 radical (unpaired) electrons. The summed E-state index contributed by atoms with van der Waals surface area (Å²) in [4.78, 5) is 18.3. The molecule has 25 heavy (non-hydrogen) atoms. The molecule has 1 aliphatic carbocycles. The molecule has 1 saturated carbocycles. The van der Waals surface area contributed by atoms with Gasteiger partial charge in [0.2, 0.25) is 5.91 Å². The molecule has 1 N–H and O–H groups in total. The Labute approximate surface area is 156 Å². The molecule has 1 aliphatic heterocycles. The van der Waals surface area contributed by atoms with E-state index in [1.807, 2.05) is 27.0 Å². The van der Waals surface area contributed by atoms with Crippen molar-refractivity contribution in [3.8, 4) is 10.7 Å². The van der Waals surface area contributed by atoms with Crippen LogP contribution in [0.5, 0.6) is 0 Å². The van der Waals surface area contributed by atoms with Gasteiger partial charge in [-0.25, -0.2) is 0 Å². The number of aromatic nitrogens is 3. The summed E-state index contributed by atoms with van der Waals surface area (Å²) < 4.78 is 2.31. The molecule has 0 aromatic carbocycles. The highest BCUT2D eigenvalue weighted by Crippen LogP contribution is 2.25. The van der Waals surface area contributed by atoms with Crippen molar-refractivity contribution >= 4 is 29.5 Å². The van der Waals surface area contributed by atoms with Crippen molar-refractivity contribution in [3.05, 3.63) is 22.3 Å². The molecule has 0 bridgehead atoms. The number of hydrogen-bond donors (Lipinski definition) is 1. The van der Waals surface area contributed by atoms with Gasteiger partial charge < -0.3 is 4.90 Å². The number of carbonyl (C=O) groups excluding carboxylic acids is 1. The Morgan fingerprint density at radius 2 is 2.04 bits per heavy atom. The molecule has 134 valence electrons. The van der Waals surface area contributed by atoms with E-state index < -0.39 is 0 Å². The number of rotatable bonds is 4. The van der Waals surface area contributed by atoms with Gasteiger partial charge in [-0.2, -0.15) is 5.10 Å². The molecule has 2 aromatic heterocycles. The molecule has 6 nitrogen and oxygen atoms in total. The first-order chi connectivity index (χ1) is 12.2. The fourth-order valence-corrected chi connectivity index (χ4v) is 4.82. The Kier molecular flexibility index (Phi) is 5.00. The predicted molar refractivity (Wildman–Crippen MR) is 101 cm³/mol. The molecule has 0 spiro atoms. The van der Waals surface area contributed by atoms with Crippen molar-refractivity contribution in [2.24, 2.45) is 0 Å². The second kappa shape index (κ2) is 7.39. The van der Waals surface area contributed by atoms with Crippen molar-refractivity contribution in [1.82, 2.24) is 24.6 Å². The standard InChI is InChI=1S/C17H23N5OS2/c23-15(21-9-7-20(8-10-21)13-4-1-2-5-13)12-22-16(18-19-17(22)24)14-6-3-11-25-14/h3,6,11,13H,1-2,4-5,7-10,12H2,(H,19,24). The zero-order valence-electron chi connectivity index (χ0n) is 14.2. The minimum atomic E-state index is 0.126. The second-order valence-electron chi connectivity index (χ2n) is 6.77. The lowest BCUT2D eigenvalue weighted by Crippen LogP contribution is -2.52. The molecule has 0 unspecified atom stereocenters. The van der Waals surface area contributed by atoms with E-state index in [-0.39, 0.29) is 12.5 Å². The Morgan fingerprint density at radius 3 is 2.72 bits per heavy atom. The molecular formula is C17H23N5OS2. The number of piperazine rings is 1. The summed E-state index contributed by atoms with van der Waals surface area (Å²) in [7, 11) is 0. The SMILES string of the molecule is O=C(Cn1c(-c2cccs2)n[nH]c1=S)N1CCN(C2CCCC2)CC1. The molecule has 4 rings (SSSR count). The van der Waals surface area contributed by atoms with Crippen LogP contribution < -0.4 is 0 Å². The number of carbonyl (C=O) groups is 1. The molecule has 2 aliphatic rings. The van der Waals surface area contributed by atoms with Gasteiger partial charge in [0.05, 0.1) is 4.88 Å². The highest BCUT2D eigenvalue weighted by atomic mass is 32.1. The van der Waals surface area contributed by atoms with Gasteiger partial charge in [0, 0.05) is 32.2 Å². The lowest BCUT2D eigenvalue weighted by atomic mass is 10.2. The van der Waals surface area contributed by atoms with Crippen LogP contribution in [0.2, 0.25) is 0 Å². The second-order valence-corrected chi connectivity index (χ2v) is 8.11. The van der Waals surface area contributed by atoms with Gasteiger partial charge in [-0.1, -0.05) is 18.9 Å². The van der Waals surface area contributed by atoms with E-state index in [4.69, 9.17) is 12.2 Å². The zero-order chi connectivity index (χ0) is 17.2. The average Bonchev–Trinajstić information content (AvgIpc) is 3.38. The number of H-pyrrole nitrogens is 1. The largest absolute Gasteiger partial charge is 0.339 e. The highest BCUT2D eigenvalue weighted by molar-refractivity contribution is 7.71. The first-order valence-electron chi connectivity index (χ1n) is 8.93. The maximum atomic E-state index is 12.8. The number of hydrogen-bond acceptors (Lipinski definition) is 5. The van der Waals surface area contributed by atoms with Crippen LogP contribution in [0.25, 0.3) is 10.7 Å². The van der Waals surface area contributed by atoms with Gasteiger partial charge in [-0.05, 0) is 36.5 Å². The number of amides is 1. The topological polar surface area (TPSA) is 57.2 Å². The van der Waals surface area contributed by atoms with E-state index in [0.29, 0.717) is 4.77 Å². The van der Waals surface area contributed by atoms with E-state index in [1.165, 1.54) is 25.7 Å². The maximum Gasteiger partial charge on any atom is 0.242 e. The van der Waals surface area contributed by atoms with Gasteiger partial charge in [-0.3, -0.25) is 19.4 Å². The first-order valence-corrected chi connectivity index (χ1v) is 10.2. The van der Waals surface area contributed by atoms with Crippen molar-refractivity contribution in [2.45, 2.75) is 38.3 Å². The molecule has 1 amide bonds. The van der Waals surface area contributed by atoms with Crippen molar-refractivity contribution in [2.75, 3.05) is 26.2 Å². The van der Waals surface area contributed by atoms with E-state index in [9.17, 15) is 4.79 Å². The number of aromatic amines is 1. The van der Waals surface area contributed by atoms with Gasteiger partial charge >= 0.3 is 0 Å². The quantitative estimate of drug-likeness (QED) is 0.833. The Balaban J connectivity index is 1.40. The number of nitrogens with zero attached hydrogens (tertiary/aromatic N) is 4. The minimum absolute atomic E-state index is 0.126. The molecular weight excluding hydrogens is 354 g/mol. The summed E-state index contributed by atoms with van der Waals surface area (Å²) >= 11 is 6.93. The summed E-state index contributed by atoms with van der Waals surface area (Å²) in [5.74, 6) is 0.874. The van der Waals surface area contributed by atoms with Gasteiger partial charge in [0.1, 0.15) is 6.54 Å². The van der Waals surface area contributed by atoms with Crippen LogP contribution in [0.15, 0.2) is 17.5 Å². The van der Waals surface area contributed by atoms with Crippen LogP contribution in [0.1, 0.15) is 25.7 Å². The molecule has 1 saturated heterocycles. The summed E-state index contributed by atoms with van der Waals surface area (Å²) in [5, 5.41) is 9.12. The van der Waals surface area contributed by atoms with Gasteiger partial charge in [0.15, 0.2) is 10.6 Å². The van der Waals surface area contributed by atoms with Crippen LogP contribution in [0.4, 0.5) is 0 Å². The van der Waals surface area contributed by atoms with E-state index >= 15 is 0 Å². The van der Waals surface area contributed by atoms with Crippen LogP contribution in [0.3, 0.4) is 0 Å². The minimum Gasteiger partial charge on any atom is -0.339 e. The molecule has 3 heterocycles. The average molecular weight is 378 g/mol. The molecule has 0 atom stereocenters. The van der Waals surface area contributed by atoms with E-state index in [0.717, 1.165) is 42.9 Å². The van der Waals surface area contributed by atoms with Crippen molar-refractivity contribution in [1.29, 1.82) is 0 Å². The van der Waals surface area contributed by atoms with Gasteiger partial charge in [-0.15, -0.1) is 11.3 Å². The van der Waals surface area contributed by atoms with Crippen LogP contribution in [-0.2, 0) is 11.3 Å². The summed E-state index contributed by atoms with van der Waals surface area (Å²) in [6.07, 6.45) is 5.35. The Morgan fingerprint density at radius 1 is 1.28 bits per heavy atom. The van der Waals surface area contributed by atoms with E-state index in [2.05, 4.69) is 15.1 Å². The number of nitrogens with one attached hydrogen (secondary N) is 1. The third kappa shape index (κ3) is 3.56. The maximum absolute atomic E-state index is 12.8. The van der Waals surface area contributed by atoms with Crippen molar-refractivity contribution < 1.29 is 4.79 Å². The summed E-state index contributed by atoms with van der Waals surface area (Å²) in [5.41, 5.74) is 0. The van der Waals surface area contributed by atoms with Gasteiger partial charge in [0.25, 0.3) is 0 Å². The molecule has 2 aromatic rings. The lowest BCUT2D eigenvalue weighted by molar-refractivity contribution is -0.133. The lowest BCUT2D eigenvalue weighted by Gasteiger charge is -2.38. The first kappa shape index (κ1) is 16.9. The van der Waals surface area contributed by atoms with Crippen LogP contribution in [0, 0.1) is 4.77 Å². The zero-order valence-corrected chi connectivity index (χ0v) is 15.8. The third-order valence-electron chi connectivity index (χ3n) is 5.30. The molecule has 8 heteroatoms. The van der Waals surface area contributed by atoms with Crippen LogP contribution >= 0.6 is 23.6 Å². The Bertz CT molecular complexity index is 767. The monoisotopic (exact) mass is 377 g/mol. The Hall–Kier alpha value is -1.51. The van der Waals surface area contributed by atoms with Crippen LogP contribution in [-0.4, -0.2) is 62.7 Å². The smallest absolute Gasteiger partial charge is 0.242 e. The number of thiophene rings is 1.